The molecule has 2 saturated carbocycles. The smallest absolute Gasteiger partial charge is 0.330 e. The molecule has 0 aliphatic heterocycles. The lowest BCUT2D eigenvalue weighted by atomic mass is 9.73. The number of carbonyl (C=O) groups excluding carboxylic acids is 2. The van der Waals surface area contributed by atoms with Gasteiger partial charge in [0.25, 0.3) is 0 Å². The Hall–Kier alpha value is -2.03. The number of aliphatic carboxylic acids is 1. The van der Waals surface area contributed by atoms with Crippen LogP contribution in [0.4, 0.5) is 0 Å². The number of isocyanates is 2. The molecule has 114 valence electrons. The lowest BCUT2D eigenvalue weighted by Crippen LogP contribution is -2.34. The van der Waals surface area contributed by atoms with Crippen molar-refractivity contribution in [3.63, 3.8) is 0 Å². The fraction of sp³-hybridized carbons (Fsp3) is 0.667. The van der Waals surface area contributed by atoms with Crippen LogP contribution in [-0.2, 0) is 14.4 Å². The Morgan fingerprint density at radius 1 is 1.29 bits per heavy atom. The van der Waals surface area contributed by atoms with Crippen molar-refractivity contribution in [2.24, 2.45) is 27.2 Å². The van der Waals surface area contributed by atoms with E-state index >= 15 is 0 Å². The minimum atomic E-state index is -0.935. The molecule has 6 nitrogen and oxygen atoms in total. The van der Waals surface area contributed by atoms with Gasteiger partial charge in [0.1, 0.15) is 0 Å². The molecule has 0 saturated heterocycles. The zero-order chi connectivity index (χ0) is 15.9. The van der Waals surface area contributed by atoms with Crippen molar-refractivity contribution < 1.29 is 19.5 Å². The van der Waals surface area contributed by atoms with Gasteiger partial charge in [-0.05, 0) is 38.0 Å². The molecule has 2 fully saturated rings. The van der Waals surface area contributed by atoms with Crippen LogP contribution in [0.15, 0.2) is 22.1 Å². The first-order valence-corrected chi connectivity index (χ1v) is 6.91. The van der Waals surface area contributed by atoms with E-state index < -0.39 is 5.97 Å². The average molecular weight is 292 g/mol. The predicted octanol–water partition coefficient (Wildman–Crippen LogP) is 2.11. The summed E-state index contributed by atoms with van der Waals surface area (Å²) >= 11 is 0. The van der Waals surface area contributed by atoms with Gasteiger partial charge in [0.15, 0.2) is 0 Å². The third-order valence-electron chi connectivity index (χ3n) is 4.38. The number of fused-ring (bicyclic) bond motifs is 2. The molecule has 0 aromatic carbocycles. The fourth-order valence-corrected chi connectivity index (χ4v) is 3.37. The highest BCUT2D eigenvalue weighted by Crippen LogP contribution is 2.56. The number of aliphatic imine (C=N–C) groups is 2. The van der Waals surface area contributed by atoms with Crippen molar-refractivity contribution in [3.05, 3.63) is 12.2 Å². The zero-order valence-electron chi connectivity index (χ0n) is 12.2. The van der Waals surface area contributed by atoms with E-state index in [4.69, 9.17) is 5.11 Å². The number of carbonyl (C=O) groups is 1. The van der Waals surface area contributed by atoms with Crippen LogP contribution in [0.5, 0.6) is 0 Å². The molecule has 0 amide bonds. The standard InChI is InChI=1S/C11H14N2O2.C4H6O2/c14-7-12-5-11(6-13-8-15)4-9-1-2-10(11)3-9;1-3(2)4(5)6/h9-10H,1-6H2;1H2,2H3,(H,5,6). The van der Waals surface area contributed by atoms with Gasteiger partial charge in [-0.3, -0.25) is 0 Å². The summed E-state index contributed by atoms with van der Waals surface area (Å²) in [6, 6.07) is 0. The zero-order valence-corrected chi connectivity index (χ0v) is 12.2. The van der Waals surface area contributed by atoms with E-state index in [0.29, 0.717) is 19.0 Å². The summed E-state index contributed by atoms with van der Waals surface area (Å²) in [7, 11) is 0. The summed E-state index contributed by atoms with van der Waals surface area (Å²) in [4.78, 5) is 37.4. The maximum atomic E-state index is 10.2. The largest absolute Gasteiger partial charge is 0.478 e. The highest BCUT2D eigenvalue weighted by Gasteiger charge is 2.50. The van der Waals surface area contributed by atoms with E-state index in [1.54, 1.807) is 12.2 Å². The Bertz CT molecular complexity index is 470. The molecule has 6 heteroatoms. The number of hydrogen-bond acceptors (Lipinski definition) is 5. The molecule has 2 bridgehead atoms. The Kier molecular flexibility index (Phi) is 6.22. The van der Waals surface area contributed by atoms with Crippen molar-refractivity contribution in [3.8, 4) is 0 Å². The van der Waals surface area contributed by atoms with Crippen LogP contribution in [0.25, 0.3) is 0 Å². The molecule has 2 aliphatic carbocycles. The van der Waals surface area contributed by atoms with E-state index in [1.165, 1.54) is 26.2 Å². The molecule has 2 unspecified atom stereocenters. The molecule has 2 aliphatic rings. The van der Waals surface area contributed by atoms with Crippen molar-refractivity contribution in [1.82, 2.24) is 0 Å². The maximum Gasteiger partial charge on any atom is 0.330 e. The van der Waals surface area contributed by atoms with E-state index in [2.05, 4.69) is 16.6 Å². The Morgan fingerprint density at radius 2 is 1.81 bits per heavy atom. The van der Waals surface area contributed by atoms with Crippen LogP contribution in [0, 0.1) is 17.3 Å². The van der Waals surface area contributed by atoms with Crippen LogP contribution < -0.4 is 0 Å². The molecule has 2 rings (SSSR count). The normalized spacial score (nSPS) is 28.6. The molecule has 21 heavy (non-hydrogen) atoms. The van der Waals surface area contributed by atoms with Gasteiger partial charge < -0.3 is 5.11 Å². The number of rotatable bonds is 5. The Morgan fingerprint density at radius 3 is 2.10 bits per heavy atom. The molecule has 0 aromatic heterocycles. The Balaban J connectivity index is 0.000000315. The molecule has 0 spiro atoms. The Labute approximate surface area is 123 Å². The van der Waals surface area contributed by atoms with Gasteiger partial charge in [-0.25, -0.2) is 24.4 Å². The monoisotopic (exact) mass is 292 g/mol. The van der Waals surface area contributed by atoms with Gasteiger partial charge in [0.2, 0.25) is 12.2 Å². The molecular weight excluding hydrogens is 272 g/mol. The first-order valence-electron chi connectivity index (χ1n) is 6.91. The molecular formula is C15H20N2O4. The molecule has 0 heterocycles. The maximum absolute atomic E-state index is 10.2. The topological polar surface area (TPSA) is 96.2 Å². The average Bonchev–Trinajstić information content (AvgIpc) is 3.04. The second kappa shape index (κ2) is 7.67. The number of hydrogen-bond donors (Lipinski definition) is 1. The minimum absolute atomic E-state index is 0.0439. The summed E-state index contributed by atoms with van der Waals surface area (Å²) < 4.78 is 0. The van der Waals surface area contributed by atoms with Crippen LogP contribution in [0.3, 0.4) is 0 Å². The summed E-state index contributed by atoms with van der Waals surface area (Å²) in [6.07, 6.45) is 7.91. The lowest BCUT2D eigenvalue weighted by molar-refractivity contribution is -0.132. The number of nitrogens with zero attached hydrogens (tertiary/aromatic N) is 2. The summed E-state index contributed by atoms with van der Waals surface area (Å²) in [6.45, 7) is 5.55. The first kappa shape index (κ1) is 17.0. The number of carboxylic acid groups (broad SMARTS) is 1. The predicted molar refractivity (Wildman–Crippen MR) is 76.3 cm³/mol. The van der Waals surface area contributed by atoms with Gasteiger partial charge in [-0.15, -0.1) is 0 Å². The van der Waals surface area contributed by atoms with E-state index in [9.17, 15) is 14.4 Å². The second-order valence-corrected chi connectivity index (χ2v) is 5.84. The van der Waals surface area contributed by atoms with E-state index in [0.717, 1.165) is 12.3 Å². The molecule has 2 atom stereocenters. The lowest BCUT2D eigenvalue weighted by Gasteiger charge is -2.34. The van der Waals surface area contributed by atoms with Crippen molar-refractivity contribution in [1.29, 1.82) is 0 Å². The highest BCUT2D eigenvalue weighted by molar-refractivity contribution is 5.84. The number of carboxylic acids is 1. The third kappa shape index (κ3) is 4.48. The minimum Gasteiger partial charge on any atom is -0.478 e. The SMILES string of the molecule is C=C(C)C(=O)O.O=C=NCC1(CN=C=O)CC2CCC1C2. The van der Waals surface area contributed by atoms with Crippen LogP contribution in [0.2, 0.25) is 0 Å². The van der Waals surface area contributed by atoms with Crippen molar-refractivity contribution in [2.45, 2.75) is 32.6 Å². The summed E-state index contributed by atoms with van der Waals surface area (Å²) in [5.41, 5.74) is 0.132. The van der Waals surface area contributed by atoms with Crippen molar-refractivity contribution in [2.75, 3.05) is 13.1 Å². The van der Waals surface area contributed by atoms with Crippen LogP contribution in [-0.4, -0.2) is 36.3 Å². The van der Waals surface area contributed by atoms with Gasteiger partial charge in [0, 0.05) is 11.0 Å². The van der Waals surface area contributed by atoms with Gasteiger partial charge in [-0.1, -0.05) is 13.0 Å². The van der Waals surface area contributed by atoms with Gasteiger partial charge in [-0.2, -0.15) is 0 Å². The van der Waals surface area contributed by atoms with Crippen LogP contribution >= 0.6 is 0 Å². The first-order chi connectivity index (χ1) is 9.95. The quantitative estimate of drug-likeness (QED) is 0.477. The van der Waals surface area contributed by atoms with E-state index in [-0.39, 0.29) is 11.0 Å². The van der Waals surface area contributed by atoms with Crippen LogP contribution in [0.1, 0.15) is 32.6 Å². The summed E-state index contributed by atoms with van der Waals surface area (Å²) in [5.74, 6) is 0.394. The molecule has 1 N–H and O–H groups in total. The summed E-state index contributed by atoms with van der Waals surface area (Å²) in [5, 5.41) is 7.89. The van der Waals surface area contributed by atoms with Crippen molar-refractivity contribution >= 4 is 18.1 Å². The highest BCUT2D eigenvalue weighted by atomic mass is 16.4. The van der Waals surface area contributed by atoms with E-state index in [1.807, 2.05) is 0 Å². The second-order valence-electron chi connectivity index (χ2n) is 5.84. The van der Waals surface area contributed by atoms with Gasteiger partial charge >= 0.3 is 5.97 Å². The third-order valence-corrected chi connectivity index (χ3v) is 4.38. The molecule has 0 radical (unpaired) electrons. The fourth-order valence-electron chi connectivity index (χ4n) is 3.37. The van der Waals surface area contributed by atoms with Gasteiger partial charge in [0.05, 0.1) is 13.1 Å². The molecule has 0 aromatic rings.